The Kier molecular flexibility index (Phi) is 4.78. The van der Waals surface area contributed by atoms with Crippen LogP contribution in [0.15, 0.2) is 23.1 Å². The van der Waals surface area contributed by atoms with Gasteiger partial charge in [-0.25, -0.2) is 8.42 Å². The molecule has 1 aromatic heterocycles. The van der Waals surface area contributed by atoms with Crippen LogP contribution in [0.2, 0.25) is 0 Å². The van der Waals surface area contributed by atoms with Gasteiger partial charge >= 0.3 is 0 Å². The molecule has 1 fully saturated rings. The number of nitrogens with one attached hydrogen (secondary N) is 1. The first kappa shape index (κ1) is 17.2. The van der Waals surface area contributed by atoms with E-state index in [0.29, 0.717) is 30.0 Å². The zero-order valence-corrected chi connectivity index (χ0v) is 15.0. The lowest BCUT2D eigenvalue weighted by Crippen LogP contribution is -2.30. The second kappa shape index (κ2) is 6.69. The molecule has 2 aromatic rings. The number of aldehydes is 1. The van der Waals surface area contributed by atoms with Gasteiger partial charge in [0.15, 0.2) is 6.29 Å². The van der Waals surface area contributed by atoms with Crippen molar-refractivity contribution in [1.29, 1.82) is 0 Å². The number of H-pyrrole nitrogens is 1. The molecular formula is C18H24N2O3S. The topological polar surface area (TPSA) is 70.2 Å². The van der Waals surface area contributed by atoms with Gasteiger partial charge in [-0.2, -0.15) is 4.31 Å². The third-order valence-electron chi connectivity index (χ3n) is 5.07. The van der Waals surface area contributed by atoms with Crippen molar-refractivity contribution in [2.75, 3.05) is 13.1 Å². The number of hydrogen-bond donors (Lipinski definition) is 1. The average molecular weight is 348 g/mol. The molecule has 6 heteroatoms. The molecule has 0 saturated heterocycles. The summed E-state index contributed by atoms with van der Waals surface area (Å²) in [4.78, 5) is 15.3. The van der Waals surface area contributed by atoms with Crippen LogP contribution >= 0.6 is 0 Å². The van der Waals surface area contributed by atoms with E-state index in [-0.39, 0.29) is 4.90 Å². The number of benzene rings is 1. The van der Waals surface area contributed by atoms with Crippen molar-refractivity contribution < 1.29 is 13.2 Å². The summed E-state index contributed by atoms with van der Waals surface area (Å²) in [6, 6.07) is 5.04. The number of nitrogens with zero attached hydrogens (tertiary/aromatic N) is 1. The molecule has 0 amide bonds. The van der Waals surface area contributed by atoms with Gasteiger partial charge in [0, 0.05) is 35.2 Å². The predicted octanol–water partition coefficient (Wildman–Crippen LogP) is 3.67. The zero-order valence-electron chi connectivity index (χ0n) is 14.2. The van der Waals surface area contributed by atoms with E-state index in [0.717, 1.165) is 30.3 Å². The summed E-state index contributed by atoms with van der Waals surface area (Å²) in [6.07, 6.45) is 5.39. The summed E-state index contributed by atoms with van der Waals surface area (Å²) in [5, 5.41) is 0.708. The molecule has 0 aliphatic heterocycles. The Morgan fingerprint density at radius 3 is 2.46 bits per heavy atom. The van der Waals surface area contributed by atoms with Gasteiger partial charge in [-0.1, -0.05) is 26.7 Å². The maximum atomic E-state index is 12.7. The van der Waals surface area contributed by atoms with Gasteiger partial charge in [0.05, 0.1) is 4.90 Å². The molecule has 1 aliphatic rings. The highest BCUT2D eigenvalue weighted by Crippen LogP contribution is 2.38. The summed E-state index contributed by atoms with van der Waals surface area (Å²) < 4.78 is 26.9. The minimum atomic E-state index is -3.52. The summed E-state index contributed by atoms with van der Waals surface area (Å²) in [7, 11) is -3.52. The molecule has 1 heterocycles. The summed E-state index contributed by atoms with van der Waals surface area (Å²) >= 11 is 0. The average Bonchev–Trinajstić information content (AvgIpc) is 3.22. The SMILES string of the molecule is CCN(CC)S(=O)(=O)c1ccc2[nH]c(C3CCCC3)c(C=O)c2c1. The molecule has 0 bridgehead atoms. The van der Waals surface area contributed by atoms with Crippen LogP contribution in [-0.4, -0.2) is 37.1 Å². The van der Waals surface area contributed by atoms with E-state index in [2.05, 4.69) is 4.98 Å². The Labute approximate surface area is 143 Å². The Hall–Kier alpha value is -1.66. The Morgan fingerprint density at radius 2 is 1.88 bits per heavy atom. The molecule has 3 rings (SSSR count). The molecule has 5 nitrogen and oxygen atoms in total. The molecule has 1 aliphatic carbocycles. The van der Waals surface area contributed by atoms with Gasteiger partial charge in [0.25, 0.3) is 0 Å². The maximum absolute atomic E-state index is 12.7. The molecule has 0 unspecified atom stereocenters. The number of sulfonamides is 1. The summed E-state index contributed by atoms with van der Waals surface area (Å²) in [5.74, 6) is 0.375. The fourth-order valence-electron chi connectivity index (χ4n) is 3.75. The quantitative estimate of drug-likeness (QED) is 0.810. The van der Waals surface area contributed by atoms with Crippen LogP contribution in [0.1, 0.15) is 61.5 Å². The third-order valence-corrected chi connectivity index (χ3v) is 7.11. The molecule has 0 atom stereocenters. The Morgan fingerprint density at radius 1 is 1.21 bits per heavy atom. The zero-order chi connectivity index (χ0) is 17.3. The first-order valence-electron chi connectivity index (χ1n) is 8.63. The summed E-state index contributed by atoms with van der Waals surface area (Å²) in [5.41, 5.74) is 2.42. The third kappa shape index (κ3) is 2.78. The van der Waals surface area contributed by atoms with Gasteiger partial charge in [-0.15, -0.1) is 0 Å². The van der Waals surface area contributed by atoms with E-state index < -0.39 is 10.0 Å². The fraction of sp³-hybridized carbons (Fsp3) is 0.500. The number of carbonyl (C=O) groups is 1. The largest absolute Gasteiger partial charge is 0.358 e. The first-order chi connectivity index (χ1) is 11.5. The number of hydrogen-bond acceptors (Lipinski definition) is 3. The monoisotopic (exact) mass is 348 g/mol. The van der Waals surface area contributed by atoms with Crippen LogP contribution in [0.4, 0.5) is 0 Å². The van der Waals surface area contributed by atoms with Crippen LogP contribution in [0, 0.1) is 0 Å². The van der Waals surface area contributed by atoms with Gasteiger partial charge in [-0.05, 0) is 37.0 Å². The lowest BCUT2D eigenvalue weighted by molar-refractivity contribution is 0.112. The second-order valence-corrected chi connectivity index (χ2v) is 8.29. The van der Waals surface area contributed by atoms with E-state index in [1.165, 1.54) is 17.1 Å². The van der Waals surface area contributed by atoms with Gasteiger partial charge in [0.2, 0.25) is 10.0 Å². The summed E-state index contributed by atoms with van der Waals surface area (Å²) in [6.45, 7) is 4.51. The van der Waals surface area contributed by atoms with E-state index in [9.17, 15) is 13.2 Å². The van der Waals surface area contributed by atoms with E-state index in [1.807, 2.05) is 13.8 Å². The van der Waals surface area contributed by atoms with Crippen LogP contribution in [0.3, 0.4) is 0 Å². The number of aromatic nitrogens is 1. The number of fused-ring (bicyclic) bond motifs is 1. The van der Waals surface area contributed by atoms with Crippen molar-refractivity contribution in [3.05, 3.63) is 29.5 Å². The number of carbonyl (C=O) groups excluding carboxylic acids is 1. The second-order valence-electron chi connectivity index (χ2n) is 6.35. The number of aromatic amines is 1. The Balaban J connectivity index is 2.12. The smallest absolute Gasteiger partial charge is 0.243 e. The molecule has 0 spiro atoms. The molecule has 1 N–H and O–H groups in total. The normalized spacial score (nSPS) is 16.3. The molecule has 24 heavy (non-hydrogen) atoms. The van der Waals surface area contributed by atoms with Crippen molar-refractivity contribution in [3.8, 4) is 0 Å². The highest BCUT2D eigenvalue weighted by molar-refractivity contribution is 7.89. The predicted molar refractivity (Wildman–Crippen MR) is 95.0 cm³/mol. The Bertz CT molecular complexity index is 845. The van der Waals surface area contributed by atoms with Crippen LogP contribution in [0.25, 0.3) is 10.9 Å². The van der Waals surface area contributed by atoms with Crippen molar-refractivity contribution in [3.63, 3.8) is 0 Å². The van der Waals surface area contributed by atoms with Crippen LogP contribution < -0.4 is 0 Å². The molecular weight excluding hydrogens is 324 g/mol. The standard InChI is InChI=1S/C18H24N2O3S/c1-3-20(4-2)24(22,23)14-9-10-17-15(11-14)16(12-21)18(19-17)13-7-5-6-8-13/h9-13,19H,3-8H2,1-2H3. The van der Waals surface area contributed by atoms with Crippen molar-refractivity contribution >= 4 is 27.2 Å². The fourth-order valence-corrected chi connectivity index (χ4v) is 5.23. The van der Waals surface area contributed by atoms with Crippen molar-refractivity contribution in [1.82, 2.24) is 9.29 Å². The maximum Gasteiger partial charge on any atom is 0.243 e. The first-order valence-corrected chi connectivity index (χ1v) is 10.1. The van der Waals surface area contributed by atoms with E-state index in [4.69, 9.17) is 0 Å². The number of rotatable bonds is 6. The highest BCUT2D eigenvalue weighted by Gasteiger charge is 2.26. The van der Waals surface area contributed by atoms with Crippen molar-refractivity contribution in [2.45, 2.75) is 50.3 Å². The van der Waals surface area contributed by atoms with E-state index in [1.54, 1.807) is 18.2 Å². The minimum Gasteiger partial charge on any atom is -0.358 e. The lowest BCUT2D eigenvalue weighted by Gasteiger charge is -2.18. The van der Waals surface area contributed by atoms with Crippen LogP contribution in [0.5, 0.6) is 0 Å². The molecule has 1 aromatic carbocycles. The van der Waals surface area contributed by atoms with Crippen molar-refractivity contribution in [2.24, 2.45) is 0 Å². The minimum absolute atomic E-state index is 0.249. The van der Waals surface area contributed by atoms with Gasteiger partial charge < -0.3 is 4.98 Å². The van der Waals surface area contributed by atoms with Crippen LogP contribution in [-0.2, 0) is 10.0 Å². The van der Waals surface area contributed by atoms with Gasteiger partial charge in [0.1, 0.15) is 0 Å². The highest BCUT2D eigenvalue weighted by atomic mass is 32.2. The lowest BCUT2D eigenvalue weighted by atomic mass is 9.99. The molecule has 130 valence electrons. The van der Waals surface area contributed by atoms with Gasteiger partial charge in [-0.3, -0.25) is 4.79 Å². The molecule has 1 saturated carbocycles. The van der Waals surface area contributed by atoms with E-state index >= 15 is 0 Å². The molecule has 0 radical (unpaired) electrons.